The average molecular weight is 420 g/mol. The van der Waals surface area contributed by atoms with E-state index < -0.39 is 0 Å². The molecule has 1 atom stereocenters. The monoisotopic (exact) mass is 419 g/mol. The van der Waals surface area contributed by atoms with Crippen molar-refractivity contribution < 1.29 is 9.53 Å². The first-order valence-electron chi connectivity index (χ1n) is 11.4. The fraction of sp³-hybridized carbons (Fsp3) is 0.462. The molecule has 0 spiro atoms. The summed E-state index contributed by atoms with van der Waals surface area (Å²) in [6, 6.07) is 8.16. The molecule has 1 saturated heterocycles. The Morgan fingerprint density at radius 1 is 1.29 bits per heavy atom. The van der Waals surface area contributed by atoms with Crippen LogP contribution in [0.25, 0.3) is 10.9 Å². The number of hydrogen-bond donors (Lipinski definition) is 0. The Morgan fingerprint density at radius 2 is 2.06 bits per heavy atom. The number of aliphatic imine (C=N–C) groups is 1. The van der Waals surface area contributed by atoms with Gasteiger partial charge in [0.05, 0.1) is 24.3 Å². The number of fused-ring (bicyclic) bond motifs is 1. The molecule has 0 saturated carbocycles. The third-order valence-corrected chi connectivity index (χ3v) is 6.59. The van der Waals surface area contributed by atoms with Crippen molar-refractivity contribution in [2.24, 2.45) is 10.9 Å². The normalized spacial score (nSPS) is 20.1. The number of morpholine rings is 1. The quantitative estimate of drug-likeness (QED) is 0.268. The second-order valence-corrected chi connectivity index (χ2v) is 8.62. The molecule has 1 aromatic heterocycles. The van der Waals surface area contributed by atoms with Crippen molar-refractivity contribution in [3.05, 3.63) is 53.6 Å². The van der Waals surface area contributed by atoms with Crippen LogP contribution in [0.2, 0.25) is 0 Å². The molecule has 2 aliphatic rings. The van der Waals surface area contributed by atoms with Crippen LogP contribution >= 0.6 is 0 Å². The second-order valence-electron chi connectivity index (χ2n) is 8.62. The van der Waals surface area contributed by atoms with Crippen LogP contribution in [0.15, 0.2) is 53.1 Å². The standard InChI is InChI=1S/C26H33N3O2/c1-4-25(28-13-15-31-16-14-28)27-26-23(18-30)22-7-5-6-8-24(22)29(26)17-20-9-11-21(12-10-20)19(2)3/h5-9,18,21H,2,4,10-17H2,1,3H3/b27-25+. The molecule has 1 aliphatic carbocycles. The van der Waals surface area contributed by atoms with E-state index in [2.05, 4.69) is 42.0 Å². The number of nitrogens with zero attached hydrogens (tertiary/aromatic N) is 3. The van der Waals surface area contributed by atoms with Crippen LogP contribution in [-0.4, -0.2) is 47.9 Å². The van der Waals surface area contributed by atoms with Gasteiger partial charge in [0.1, 0.15) is 11.7 Å². The summed E-state index contributed by atoms with van der Waals surface area (Å²) in [7, 11) is 0. The Morgan fingerprint density at radius 3 is 2.71 bits per heavy atom. The van der Waals surface area contributed by atoms with Crippen molar-refractivity contribution in [3.8, 4) is 0 Å². The van der Waals surface area contributed by atoms with Gasteiger partial charge in [0, 0.05) is 31.4 Å². The maximum atomic E-state index is 12.2. The maximum absolute atomic E-state index is 12.2. The lowest BCUT2D eigenvalue weighted by molar-refractivity contribution is 0.0673. The maximum Gasteiger partial charge on any atom is 0.154 e. The van der Waals surface area contributed by atoms with Crippen LogP contribution in [0.5, 0.6) is 0 Å². The number of aldehydes is 1. The summed E-state index contributed by atoms with van der Waals surface area (Å²) in [5, 5.41) is 0.977. The zero-order valence-electron chi connectivity index (χ0n) is 18.8. The zero-order chi connectivity index (χ0) is 21.8. The van der Waals surface area contributed by atoms with Gasteiger partial charge in [0.25, 0.3) is 0 Å². The van der Waals surface area contributed by atoms with Gasteiger partial charge in [-0.1, -0.05) is 48.9 Å². The van der Waals surface area contributed by atoms with Crippen LogP contribution in [-0.2, 0) is 11.3 Å². The highest BCUT2D eigenvalue weighted by molar-refractivity contribution is 6.04. The zero-order valence-corrected chi connectivity index (χ0v) is 18.8. The van der Waals surface area contributed by atoms with Crippen LogP contribution < -0.4 is 0 Å². The third-order valence-electron chi connectivity index (χ3n) is 6.59. The van der Waals surface area contributed by atoms with Gasteiger partial charge in [-0.25, -0.2) is 4.99 Å². The lowest BCUT2D eigenvalue weighted by Crippen LogP contribution is -2.40. The molecule has 1 aliphatic heterocycles. The molecule has 164 valence electrons. The van der Waals surface area contributed by atoms with E-state index in [9.17, 15) is 4.79 Å². The van der Waals surface area contributed by atoms with E-state index in [1.54, 1.807) is 0 Å². The van der Waals surface area contributed by atoms with Gasteiger partial charge >= 0.3 is 0 Å². The highest BCUT2D eigenvalue weighted by Crippen LogP contribution is 2.35. The molecular formula is C26H33N3O2. The molecular weight excluding hydrogens is 386 g/mol. The van der Waals surface area contributed by atoms with E-state index in [4.69, 9.17) is 9.73 Å². The number of carbonyl (C=O) groups is 1. The Bertz CT molecular complexity index is 1020. The minimum absolute atomic E-state index is 0.584. The number of para-hydroxylation sites is 1. The predicted molar refractivity (Wildman–Crippen MR) is 127 cm³/mol. The average Bonchev–Trinajstić information content (AvgIpc) is 3.10. The van der Waals surface area contributed by atoms with Crippen molar-refractivity contribution in [3.63, 3.8) is 0 Å². The Balaban J connectivity index is 1.76. The predicted octanol–water partition coefficient (Wildman–Crippen LogP) is 5.53. The SMILES string of the molecule is C=C(C)C1CC=C(Cn2c(/N=C(\CC)N3CCOCC3)c(C=O)c3ccccc32)CC1. The number of hydrogen-bond acceptors (Lipinski definition) is 3. The molecule has 2 heterocycles. The van der Waals surface area contributed by atoms with Crippen LogP contribution in [0.1, 0.15) is 49.9 Å². The molecule has 5 nitrogen and oxygen atoms in total. The van der Waals surface area contributed by atoms with Gasteiger partial charge in [-0.3, -0.25) is 4.79 Å². The van der Waals surface area contributed by atoms with Gasteiger partial charge in [-0.05, 0) is 38.2 Å². The van der Waals surface area contributed by atoms with Crippen molar-refractivity contribution in [1.82, 2.24) is 9.47 Å². The molecule has 0 radical (unpaired) electrons. The Kier molecular flexibility index (Phi) is 6.71. The first-order valence-corrected chi connectivity index (χ1v) is 11.4. The van der Waals surface area contributed by atoms with E-state index >= 15 is 0 Å². The Labute approximate surface area is 185 Å². The topological polar surface area (TPSA) is 46.8 Å². The molecule has 0 amide bonds. The fourth-order valence-electron chi connectivity index (χ4n) is 4.71. The van der Waals surface area contributed by atoms with Crippen molar-refractivity contribution in [1.29, 1.82) is 0 Å². The third kappa shape index (κ3) is 4.52. The molecule has 4 rings (SSSR count). The molecule has 1 fully saturated rings. The molecule has 0 N–H and O–H groups in total. The smallest absolute Gasteiger partial charge is 0.154 e. The summed E-state index contributed by atoms with van der Waals surface area (Å²) >= 11 is 0. The molecule has 5 heteroatoms. The number of aromatic nitrogens is 1. The summed E-state index contributed by atoms with van der Waals surface area (Å²) in [4.78, 5) is 19.6. The number of carbonyl (C=O) groups excluding carboxylic acids is 1. The highest BCUT2D eigenvalue weighted by atomic mass is 16.5. The van der Waals surface area contributed by atoms with Gasteiger partial charge in [0.2, 0.25) is 0 Å². The van der Waals surface area contributed by atoms with Gasteiger partial charge in [-0.15, -0.1) is 0 Å². The minimum atomic E-state index is 0.584. The van der Waals surface area contributed by atoms with Crippen molar-refractivity contribution in [2.75, 3.05) is 26.3 Å². The lowest BCUT2D eigenvalue weighted by atomic mass is 9.85. The summed E-state index contributed by atoms with van der Waals surface area (Å²) in [5.41, 5.74) is 4.44. The highest BCUT2D eigenvalue weighted by Gasteiger charge is 2.22. The molecule has 1 unspecified atom stereocenters. The number of allylic oxidation sites excluding steroid dienone is 3. The summed E-state index contributed by atoms with van der Waals surface area (Å²) in [6.07, 6.45) is 7.42. The van der Waals surface area contributed by atoms with Crippen LogP contribution in [0, 0.1) is 5.92 Å². The van der Waals surface area contributed by atoms with E-state index in [1.165, 1.54) is 11.1 Å². The summed E-state index contributed by atoms with van der Waals surface area (Å²) in [6.45, 7) is 12.3. The van der Waals surface area contributed by atoms with Crippen molar-refractivity contribution in [2.45, 2.75) is 46.1 Å². The molecule has 2 aromatic rings. The minimum Gasteiger partial charge on any atom is -0.378 e. The van der Waals surface area contributed by atoms with Gasteiger partial charge in [-0.2, -0.15) is 0 Å². The second kappa shape index (κ2) is 9.65. The number of ether oxygens (including phenoxy) is 1. The summed E-state index contributed by atoms with van der Waals surface area (Å²) in [5.74, 6) is 2.39. The Hall–Kier alpha value is -2.66. The molecule has 31 heavy (non-hydrogen) atoms. The van der Waals surface area contributed by atoms with Crippen LogP contribution in [0.4, 0.5) is 5.82 Å². The van der Waals surface area contributed by atoms with E-state index in [0.717, 1.165) is 87.4 Å². The molecule has 0 bridgehead atoms. The van der Waals surface area contributed by atoms with Crippen LogP contribution in [0.3, 0.4) is 0 Å². The number of benzene rings is 1. The summed E-state index contributed by atoms with van der Waals surface area (Å²) < 4.78 is 7.75. The van der Waals surface area contributed by atoms with E-state index in [1.807, 2.05) is 18.2 Å². The lowest BCUT2D eigenvalue weighted by Gasteiger charge is -2.29. The first kappa shape index (κ1) is 21.6. The van der Waals surface area contributed by atoms with E-state index in [-0.39, 0.29) is 0 Å². The number of rotatable bonds is 6. The fourth-order valence-corrected chi connectivity index (χ4v) is 4.71. The van der Waals surface area contributed by atoms with E-state index in [0.29, 0.717) is 11.5 Å². The largest absolute Gasteiger partial charge is 0.378 e. The van der Waals surface area contributed by atoms with Gasteiger partial charge in [0.15, 0.2) is 6.29 Å². The molecule has 1 aromatic carbocycles. The first-order chi connectivity index (χ1) is 15.1. The number of amidine groups is 1. The van der Waals surface area contributed by atoms with Gasteiger partial charge < -0.3 is 14.2 Å². The van der Waals surface area contributed by atoms with Crippen molar-refractivity contribution >= 4 is 28.8 Å².